The van der Waals surface area contributed by atoms with Crippen molar-refractivity contribution < 1.29 is 0 Å². The van der Waals surface area contributed by atoms with Crippen LogP contribution in [-0.4, -0.2) is 20.9 Å². The summed E-state index contributed by atoms with van der Waals surface area (Å²) in [6.45, 7) is 2.80. The summed E-state index contributed by atoms with van der Waals surface area (Å²) in [5.74, 6) is 1.60. The minimum atomic E-state index is 0.612. The highest BCUT2D eigenvalue weighted by Gasteiger charge is 2.05. The number of anilines is 2. The molecule has 2 aromatic rings. The largest absolute Gasteiger partial charge is 0.383 e. The first-order chi connectivity index (χ1) is 7.27. The van der Waals surface area contributed by atoms with Crippen LogP contribution in [0.1, 0.15) is 11.4 Å². The Kier molecular flexibility index (Phi) is 2.86. The van der Waals surface area contributed by atoms with Gasteiger partial charge in [0, 0.05) is 30.9 Å². The molecule has 6 heteroatoms. The number of aromatic amines is 1. The first-order valence-electron chi connectivity index (χ1n) is 4.71. The molecule has 15 heavy (non-hydrogen) atoms. The van der Waals surface area contributed by atoms with Gasteiger partial charge in [0.05, 0.1) is 0 Å². The summed E-state index contributed by atoms with van der Waals surface area (Å²) >= 11 is 1.40. The SMILES string of the molecule is Cc1c(N)nsc1NCCc1ncc[nH]1. The number of nitrogens with two attached hydrogens (primary N) is 1. The van der Waals surface area contributed by atoms with Crippen molar-refractivity contribution in [2.24, 2.45) is 0 Å². The number of aromatic nitrogens is 3. The third kappa shape index (κ3) is 2.27. The Labute approximate surface area is 91.9 Å². The maximum Gasteiger partial charge on any atom is 0.142 e. The number of imidazole rings is 1. The van der Waals surface area contributed by atoms with Gasteiger partial charge in [0.2, 0.25) is 0 Å². The van der Waals surface area contributed by atoms with E-state index in [1.165, 1.54) is 11.5 Å². The Hall–Kier alpha value is -1.56. The van der Waals surface area contributed by atoms with Gasteiger partial charge in [-0.15, -0.1) is 0 Å². The minimum absolute atomic E-state index is 0.612. The Balaban J connectivity index is 1.86. The summed E-state index contributed by atoms with van der Waals surface area (Å²) in [4.78, 5) is 7.20. The van der Waals surface area contributed by atoms with E-state index in [4.69, 9.17) is 5.73 Å². The molecule has 2 heterocycles. The highest BCUT2D eigenvalue weighted by atomic mass is 32.1. The molecule has 0 aromatic carbocycles. The molecule has 4 N–H and O–H groups in total. The van der Waals surface area contributed by atoms with Crippen LogP contribution in [0.4, 0.5) is 10.8 Å². The average Bonchev–Trinajstić information content (AvgIpc) is 2.83. The number of hydrogen-bond acceptors (Lipinski definition) is 5. The predicted octanol–water partition coefficient (Wildman–Crippen LogP) is 1.41. The lowest BCUT2D eigenvalue weighted by atomic mass is 10.3. The van der Waals surface area contributed by atoms with Gasteiger partial charge in [0.25, 0.3) is 0 Å². The molecule has 0 aliphatic heterocycles. The molecule has 0 unspecified atom stereocenters. The zero-order valence-corrected chi connectivity index (χ0v) is 9.27. The first-order valence-corrected chi connectivity index (χ1v) is 5.48. The number of H-pyrrole nitrogens is 1. The summed E-state index contributed by atoms with van der Waals surface area (Å²) < 4.78 is 4.07. The topological polar surface area (TPSA) is 79.6 Å². The molecule has 0 atom stereocenters. The fourth-order valence-electron chi connectivity index (χ4n) is 1.24. The molecule has 80 valence electrons. The van der Waals surface area contributed by atoms with Crippen molar-refractivity contribution >= 4 is 22.4 Å². The van der Waals surface area contributed by atoms with Gasteiger partial charge in [0.1, 0.15) is 16.6 Å². The van der Waals surface area contributed by atoms with E-state index in [2.05, 4.69) is 19.7 Å². The highest BCUT2D eigenvalue weighted by molar-refractivity contribution is 7.10. The molecule has 0 saturated carbocycles. The average molecular weight is 223 g/mol. The van der Waals surface area contributed by atoms with Crippen LogP contribution in [0.3, 0.4) is 0 Å². The van der Waals surface area contributed by atoms with Gasteiger partial charge in [-0.25, -0.2) is 4.98 Å². The maximum atomic E-state index is 5.65. The lowest BCUT2D eigenvalue weighted by Gasteiger charge is -2.02. The van der Waals surface area contributed by atoms with Crippen molar-refractivity contribution in [3.05, 3.63) is 23.8 Å². The standard InChI is InChI=1S/C9H13N5S/c1-6-8(10)14-15-9(6)13-3-2-7-11-4-5-12-7/h4-5,13H,2-3H2,1H3,(H2,10,14)(H,11,12). The fraction of sp³-hybridized carbons (Fsp3) is 0.333. The zero-order valence-electron chi connectivity index (χ0n) is 8.45. The molecule has 2 aromatic heterocycles. The van der Waals surface area contributed by atoms with Crippen LogP contribution >= 0.6 is 11.5 Å². The quantitative estimate of drug-likeness (QED) is 0.732. The van der Waals surface area contributed by atoms with Crippen LogP contribution in [0.25, 0.3) is 0 Å². The van der Waals surface area contributed by atoms with Gasteiger partial charge in [0.15, 0.2) is 0 Å². The minimum Gasteiger partial charge on any atom is -0.383 e. The van der Waals surface area contributed by atoms with E-state index in [9.17, 15) is 0 Å². The van der Waals surface area contributed by atoms with Crippen LogP contribution in [0.2, 0.25) is 0 Å². The molecular weight excluding hydrogens is 210 g/mol. The number of hydrogen-bond donors (Lipinski definition) is 3. The van der Waals surface area contributed by atoms with E-state index >= 15 is 0 Å². The van der Waals surface area contributed by atoms with Gasteiger partial charge in [-0.05, 0) is 18.5 Å². The fourth-order valence-corrected chi connectivity index (χ4v) is 1.98. The third-order valence-corrected chi connectivity index (χ3v) is 3.08. The van der Waals surface area contributed by atoms with Crippen molar-refractivity contribution in [1.29, 1.82) is 0 Å². The van der Waals surface area contributed by atoms with Crippen LogP contribution in [0.5, 0.6) is 0 Å². The summed E-state index contributed by atoms with van der Waals surface area (Å²) in [7, 11) is 0. The highest BCUT2D eigenvalue weighted by Crippen LogP contribution is 2.24. The molecule has 5 nitrogen and oxygen atoms in total. The zero-order chi connectivity index (χ0) is 10.7. The normalized spacial score (nSPS) is 10.5. The van der Waals surface area contributed by atoms with Crippen LogP contribution in [-0.2, 0) is 6.42 Å². The van der Waals surface area contributed by atoms with E-state index in [1.807, 2.05) is 13.1 Å². The van der Waals surface area contributed by atoms with Gasteiger partial charge >= 0.3 is 0 Å². The number of nitrogens with one attached hydrogen (secondary N) is 2. The van der Waals surface area contributed by atoms with Gasteiger partial charge in [-0.2, -0.15) is 4.37 Å². The molecule has 0 spiro atoms. The molecule has 0 fully saturated rings. The van der Waals surface area contributed by atoms with Crippen LogP contribution in [0, 0.1) is 6.92 Å². The summed E-state index contributed by atoms with van der Waals surface area (Å²) in [6, 6.07) is 0. The summed E-state index contributed by atoms with van der Waals surface area (Å²) in [5.41, 5.74) is 6.68. The Morgan fingerprint density at radius 1 is 1.60 bits per heavy atom. The molecule has 2 rings (SSSR count). The monoisotopic (exact) mass is 223 g/mol. The van der Waals surface area contributed by atoms with E-state index < -0.39 is 0 Å². The van der Waals surface area contributed by atoms with Crippen molar-refractivity contribution in [3.63, 3.8) is 0 Å². The molecule has 0 saturated heterocycles. The number of nitrogens with zero attached hydrogens (tertiary/aromatic N) is 2. The molecule has 0 aliphatic rings. The Morgan fingerprint density at radius 2 is 2.47 bits per heavy atom. The van der Waals surface area contributed by atoms with Gasteiger partial charge < -0.3 is 16.0 Å². The second kappa shape index (κ2) is 4.31. The van der Waals surface area contributed by atoms with Crippen molar-refractivity contribution in [2.75, 3.05) is 17.6 Å². The first kappa shape index (κ1) is 9.97. The molecule has 0 amide bonds. The van der Waals surface area contributed by atoms with E-state index in [-0.39, 0.29) is 0 Å². The van der Waals surface area contributed by atoms with Crippen molar-refractivity contribution in [3.8, 4) is 0 Å². The van der Waals surface area contributed by atoms with Gasteiger partial charge in [-0.3, -0.25) is 0 Å². The van der Waals surface area contributed by atoms with Crippen molar-refractivity contribution in [1.82, 2.24) is 14.3 Å². The lowest BCUT2D eigenvalue weighted by Crippen LogP contribution is -2.05. The number of rotatable bonds is 4. The second-order valence-electron chi connectivity index (χ2n) is 3.23. The van der Waals surface area contributed by atoms with Crippen LogP contribution in [0.15, 0.2) is 12.4 Å². The van der Waals surface area contributed by atoms with Crippen molar-refractivity contribution in [2.45, 2.75) is 13.3 Å². The summed E-state index contributed by atoms with van der Waals surface area (Å²) in [6.07, 6.45) is 4.45. The second-order valence-corrected chi connectivity index (χ2v) is 4.01. The lowest BCUT2D eigenvalue weighted by molar-refractivity contribution is 0.929. The molecule has 0 bridgehead atoms. The number of nitrogen functional groups attached to an aromatic ring is 1. The van der Waals surface area contributed by atoms with E-state index in [0.717, 1.165) is 29.4 Å². The molecule has 0 aliphatic carbocycles. The van der Waals surface area contributed by atoms with Gasteiger partial charge in [-0.1, -0.05) is 0 Å². The Bertz CT molecular complexity index is 420. The molecular formula is C9H13N5S. The third-order valence-electron chi connectivity index (χ3n) is 2.16. The predicted molar refractivity (Wildman–Crippen MR) is 62.0 cm³/mol. The maximum absolute atomic E-state index is 5.65. The summed E-state index contributed by atoms with van der Waals surface area (Å²) in [5, 5.41) is 4.33. The Morgan fingerprint density at radius 3 is 3.07 bits per heavy atom. The van der Waals surface area contributed by atoms with Crippen LogP contribution < -0.4 is 11.1 Å². The molecule has 0 radical (unpaired) electrons. The van der Waals surface area contributed by atoms with E-state index in [0.29, 0.717) is 5.82 Å². The van der Waals surface area contributed by atoms with E-state index in [1.54, 1.807) is 6.20 Å². The smallest absolute Gasteiger partial charge is 0.142 e.